The second-order valence-electron chi connectivity index (χ2n) is 12.3. The van der Waals surface area contributed by atoms with E-state index in [1.165, 1.54) is 57.5 Å². The number of hydrogen-bond donors (Lipinski definition) is 0. The van der Waals surface area contributed by atoms with Crippen molar-refractivity contribution in [2.24, 2.45) is 11.3 Å². The van der Waals surface area contributed by atoms with Gasteiger partial charge in [-0.3, -0.25) is 0 Å². The Balaban J connectivity index is 1.22. The fourth-order valence-corrected chi connectivity index (χ4v) is 6.94. The van der Waals surface area contributed by atoms with E-state index in [4.69, 9.17) is 15.0 Å². The molecule has 2 aliphatic carbocycles. The first kappa shape index (κ1) is 25.8. The Morgan fingerprint density at radius 3 is 1.84 bits per heavy atom. The van der Waals surface area contributed by atoms with Crippen molar-refractivity contribution in [3.63, 3.8) is 0 Å². The van der Waals surface area contributed by atoms with Crippen LogP contribution >= 0.6 is 0 Å². The molecule has 5 aromatic carbocycles. The maximum absolute atomic E-state index is 5.11. The first-order valence-electron chi connectivity index (χ1n) is 15.4. The molecule has 2 unspecified atom stereocenters. The second kappa shape index (κ2) is 10.4. The number of benzene rings is 5. The molecule has 0 bridgehead atoms. The fourth-order valence-electron chi connectivity index (χ4n) is 6.94. The number of aromatic nitrogens is 3. The highest BCUT2D eigenvalue weighted by atomic mass is 15.0. The zero-order valence-corrected chi connectivity index (χ0v) is 24.4. The molecule has 0 aliphatic heterocycles. The van der Waals surface area contributed by atoms with Gasteiger partial charge >= 0.3 is 0 Å². The molecule has 3 heteroatoms. The summed E-state index contributed by atoms with van der Waals surface area (Å²) >= 11 is 0. The molecule has 208 valence electrons. The summed E-state index contributed by atoms with van der Waals surface area (Å²) in [6.45, 7) is 2.37. The van der Waals surface area contributed by atoms with E-state index < -0.39 is 0 Å². The highest BCUT2D eigenvalue weighted by Crippen LogP contribution is 2.47. The number of rotatable bonds is 4. The van der Waals surface area contributed by atoms with Gasteiger partial charge in [0.2, 0.25) is 0 Å². The van der Waals surface area contributed by atoms with Crippen molar-refractivity contribution in [1.29, 1.82) is 0 Å². The van der Waals surface area contributed by atoms with Crippen molar-refractivity contribution in [3.05, 3.63) is 133 Å². The first-order valence-corrected chi connectivity index (χ1v) is 15.4. The predicted octanol–water partition coefficient (Wildman–Crippen LogP) is 10.3. The van der Waals surface area contributed by atoms with E-state index in [2.05, 4.69) is 134 Å². The van der Waals surface area contributed by atoms with Crippen LogP contribution in [0.2, 0.25) is 0 Å². The summed E-state index contributed by atoms with van der Waals surface area (Å²) in [6.07, 6.45) is 11.8. The Kier molecular flexibility index (Phi) is 6.26. The molecule has 2 aliphatic rings. The largest absolute Gasteiger partial charge is 0.209 e. The summed E-state index contributed by atoms with van der Waals surface area (Å²) in [5.74, 6) is 2.91. The fraction of sp³-hybridized carbons (Fsp3) is 0.175. The number of fused-ring (bicyclic) bond motifs is 3. The Bertz CT molecular complexity index is 2050. The van der Waals surface area contributed by atoms with Gasteiger partial charge in [0.25, 0.3) is 0 Å². The maximum Gasteiger partial charge on any atom is 0.164 e. The molecule has 0 radical (unpaired) electrons. The van der Waals surface area contributed by atoms with Crippen LogP contribution in [-0.4, -0.2) is 15.0 Å². The van der Waals surface area contributed by atoms with Gasteiger partial charge in [0.1, 0.15) is 0 Å². The van der Waals surface area contributed by atoms with E-state index in [1.807, 2.05) is 0 Å². The predicted molar refractivity (Wildman–Crippen MR) is 178 cm³/mol. The first-order chi connectivity index (χ1) is 21.1. The third-order valence-electron chi connectivity index (χ3n) is 9.44. The molecule has 0 amide bonds. The van der Waals surface area contributed by atoms with Gasteiger partial charge in [0.15, 0.2) is 17.5 Å². The average Bonchev–Trinajstić information content (AvgIpc) is 3.07. The van der Waals surface area contributed by atoms with Crippen molar-refractivity contribution in [2.75, 3.05) is 0 Å². The van der Waals surface area contributed by atoms with Gasteiger partial charge in [-0.25, -0.2) is 15.0 Å². The lowest BCUT2D eigenvalue weighted by Gasteiger charge is -2.39. The zero-order valence-electron chi connectivity index (χ0n) is 24.4. The lowest BCUT2D eigenvalue weighted by Crippen LogP contribution is -2.29. The van der Waals surface area contributed by atoms with E-state index >= 15 is 0 Å². The lowest BCUT2D eigenvalue weighted by atomic mass is 9.65. The normalized spacial score (nSPS) is 19.7. The third kappa shape index (κ3) is 4.85. The highest BCUT2D eigenvalue weighted by molar-refractivity contribution is 5.88. The summed E-state index contributed by atoms with van der Waals surface area (Å²) in [7, 11) is 0. The van der Waals surface area contributed by atoms with Crippen molar-refractivity contribution >= 4 is 27.1 Å². The van der Waals surface area contributed by atoms with Gasteiger partial charge in [-0.15, -0.1) is 0 Å². The molecule has 0 saturated heterocycles. The van der Waals surface area contributed by atoms with Gasteiger partial charge in [0, 0.05) is 16.5 Å². The van der Waals surface area contributed by atoms with Crippen LogP contribution in [0.15, 0.2) is 127 Å². The number of allylic oxidation sites excluding steroid dienone is 4. The van der Waals surface area contributed by atoms with Crippen LogP contribution in [0.25, 0.3) is 61.0 Å². The minimum atomic E-state index is 0.0588. The molecule has 8 rings (SSSR count). The molecule has 1 heterocycles. The number of hydrogen-bond acceptors (Lipinski definition) is 3. The van der Waals surface area contributed by atoms with Gasteiger partial charge in [-0.2, -0.15) is 0 Å². The summed E-state index contributed by atoms with van der Waals surface area (Å²) in [5.41, 5.74) is 5.67. The smallest absolute Gasteiger partial charge is 0.164 e. The van der Waals surface area contributed by atoms with Crippen molar-refractivity contribution < 1.29 is 0 Å². The van der Waals surface area contributed by atoms with E-state index in [9.17, 15) is 0 Å². The van der Waals surface area contributed by atoms with Crippen LogP contribution < -0.4 is 0 Å². The van der Waals surface area contributed by atoms with Crippen LogP contribution in [-0.2, 0) is 0 Å². The van der Waals surface area contributed by atoms with Gasteiger partial charge in [-0.05, 0) is 82.0 Å². The van der Waals surface area contributed by atoms with Crippen LogP contribution in [0.3, 0.4) is 0 Å². The topological polar surface area (TPSA) is 38.7 Å². The molecule has 3 nitrogen and oxygen atoms in total. The SMILES string of the molecule is CC12C=CCCC1CCC(c1nc(-c3ccc(-c4ccc5ccccc5c4)cc3)nc(-c3ccc4ccccc4c3)n1)=C2. The van der Waals surface area contributed by atoms with Crippen LogP contribution in [0.5, 0.6) is 0 Å². The van der Waals surface area contributed by atoms with Crippen molar-refractivity contribution in [2.45, 2.75) is 32.6 Å². The van der Waals surface area contributed by atoms with Gasteiger partial charge in [0.05, 0.1) is 0 Å². The monoisotopic (exact) mass is 555 g/mol. The Morgan fingerprint density at radius 2 is 1.12 bits per heavy atom. The molecule has 1 aromatic heterocycles. The van der Waals surface area contributed by atoms with Crippen molar-refractivity contribution in [3.8, 4) is 33.9 Å². The van der Waals surface area contributed by atoms with E-state index in [0.717, 1.165) is 29.2 Å². The average molecular weight is 556 g/mol. The zero-order chi connectivity index (χ0) is 28.8. The summed E-state index contributed by atoms with van der Waals surface area (Å²) in [5, 5.41) is 4.89. The van der Waals surface area contributed by atoms with E-state index in [1.54, 1.807) is 0 Å². The second-order valence-corrected chi connectivity index (χ2v) is 12.3. The molecular formula is C40H33N3. The third-order valence-corrected chi connectivity index (χ3v) is 9.44. The molecule has 0 saturated carbocycles. The molecule has 0 spiro atoms. The number of nitrogens with zero attached hydrogens (tertiary/aromatic N) is 3. The molecule has 2 atom stereocenters. The molecular weight excluding hydrogens is 522 g/mol. The van der Waals surface area contributed by atoms with Crippen LogP contribution in [0.4, 0.5) is 0 Å². The maximum atomic E-state index is 5.11. The van der Waals surface area contributed by atoms with Crippen LogP contribution in [0.1, 0.15) is 38.4 Å². The van der Waals surface area contributed by atoms with E-state index in [0.29, 0.717) is 11.7 Å². The van der Waals surface area contributed by atoms with Crippen LogP contribution in [0, 0.1) is 11.3 Å². The van der Waals surface area contributed by atoms with Crippen molar-refractivity contribution in [1.82, 2.24) is 15.0 Å². The lowest BCUT2D eigenvalue weighted by molar-refractivity contribution is 0.265. The molecule has 0 fully saturated rings. The molecule has 0 N–H and O–H groups in total. The summed E-state index contributed by atoms with van der Waals surface area (Å²) in [4.78, 5) is 15.3. The Hall–Kier alpha value is -4.89. The molecule has 43 heavy (non-hydrogen) atoms. The van der Waals surface area contributed by atoms with Gasteiger partial charge in [-0.1, -0.05) is 122 Å². The Morgan fingerprint density at radius 1 is 0.558 bits per heavy atom. The minimum Gasteiger partial charge on any atom is -0.209 e. The van der Waals surface area contributed by atoms with E-state index in [-0.39, 0.29) is 5.41 Å². The quantitative estimate of drug-likeness (QED) is 0.203. The summed E-state index contributed by atoms with van der Waals surface area (Å²) in [6, 6.07) is 38.7. The Labute approximate surface area is 252 Å². The van der Waals surface area contributed by atoms with Gasteiger partial charge < -0.3 is 0 Å². The standard InChI is InChI=1S/C40H33N3/c1-40-23-7-6-12-36(40)22-21-35(26-40)39-42-37(41-38(43-39)34-20-16-28-9-3-5-11-32(28)25-34)30-17-13-29(14-18-30)33-19-15-27-8-2-4-10-31(27)24-33/h2-5,7-11,13-20,23-26,36H,6,12,21-22H2,1H3. The highest BCUT2D eigenvalue weighted by Gasteiger charge is 2.35. The minimum absolute atomic E-state index is 0.0588. The summed E-state index contributed by atoms with van der Waals surface area (Å²) < 4.78 is 0. The molecule has 6 aromatic rings.